The van der Waals surface area contributed by atoms with Crippen molar-refractivity contribution in [2.24, 2.45) is 7.05 Å². The van der Waals surface area contributed by atoms with Gasteiger partial charge in [-0.15, -0.1) is 0 Å². The minimum absolute atomic E-state index is 1.19. The Kier molecular flexibility index (Phi) is 3.80. The van der Waals surface area contributed by atoms with Gasteiger partial charge in [0.2, 0.25) is 0 Å². The summed E-state index contributed by atoms with van der Waals surface area (Å²) in [5.41, 5.74) is 8.72. The maximum absolute atomic E-state index is 2.37. The zero-order chi connectivity index (χ0) is 21.9. The number of nitrogens with zero attached hydrogens (tertiary/aromatic N) is 2. The van der Waals surface area contributed by atoms with Gasteiger partial charge in [-0.3, -0.25) is 0 Å². The topological polar surface area (TPSA) is 9.86 Å². The Balaban J connectivity index is 1.57. The van der Waals surface area contributed by atoms with Gasteiger partial charge >= 0.3 is 0 Å². The number of para-hydroxylation sites is 3. The molecule has 0 aliphatic rings. The van der Waals surface area contributed by atoms with Gasteiger partial charge < -0.3 is 9.13 Å². The van der Waals surface area contributed by atoms with Crippen LogP contribution in [-0.4, -0.2) is 9.13 Å². The van der Waals surface area contributed by atoms with Gasteiger partial charge in [0.25, 0.3) is 0 Å². The maximum atomic E-state index is 2.37. The average molecular weight is 423 g/mol. The lowest BCUT2D eigenvalue weighted by Gasteiger charge is -2.09. The summed E-state index contributed by atoms with van der Waals surface area (Å²) in [6.45, 7) is 0. The lowest BCUT2D eigenvalue weighted by Crippen LogP contribution is -1.92. The Hall–Kier alpha value is -4.30. The molecule has 7 rings (SSSR count). The van der Waals surface area contributed by atoms with E-state index in [0.717, 1.165) is 0 Å². The van der Waals surface area contributed by atoms with Crippen LogP contribution in [0, 0.1) is 0 Å². The molecule has 156 valence electrons. The van der Waals surface area contributed by atoms with Crippen LogP contribution in [0.2, 0.25) is 0 Å². The van der Waals surface area contributed by atoms with Crippen LogP contribution in [0.5, 0.6) is 0 Å². The van der Waals surface area contributed by atoms with Gasteiger partial charge in [0, 0.05) is 45.3 Å². The van der Waals surface area contributed by atoms with E-state index in [4.69, 9.17) is 0 Å². The molecule has 2 heterocycles. The molecule has 0 radical (unpaired) electrons. The van der Waals surface area contributed by atoms with Gasteiger partial charge in [-0.25, -0.2) is 0 Å². The van der Waals surface area contributed by atoms with Crippen molar-refractivity contribution in [3.63, 3.8) is 0 Å². The molecule has 0 saturated heterocycles. The molecule has 0 spiro atoms. The number of benzene rings is 5. The predicted octanol–water partition coefficient (Wildman–Crippen LogP) is 8.10. The Bertz CT molecular complexity index is 1820. The molecule has 0 amide bonds. The number of hydrogen-bond donors (Lipinski definition) is 0. The normalized spacial score (nSPS) is 11.8. The van der Waals surface area contributed by atoms with E-state index in [9.17, 15) is 0 Å². The highest BCUT2D eigenvalue weighted by molar-refractivity contribution is 6.16. The van der Waals surface area contributed by atoms with E-state index >= 15 is 0 Å². The van der Waals surface area contributed by atoms with Gasteiger partial charge in [0.1, 0.15) is 0 Å². The molecule has 2 heteroatoms. The molecule has 33 heavy (non-hydrogen) atoms. The monoisotopic (exact) mass is 422 g/mol. The Morgan fingerprint density at radius 3 is 2.00 bits per heavy atom. The fourth-order valence-electron chi connectivity index (χ4n) is 5.45. The molecule has 0 atom stereocenters. The van der Waals surface area contributed by atoms with E-state index in [2.05, 4.69) is 131 Å². The first-order chi connectivity index (χ1) is 16.3. The van der Waals surface area contributed by atoms with E-state index < -0.39 is 0 Å². The van der Waals surface area contributed by atoms with Crippen LogP contribution in [0.3, 0.4) is 0 Å². The quantitative estimate of drug-likeness (QED) is 0.266. The molecule has 0 bridgehead atoms. The largest absolute Gasteiger partial charge is 0.344 e. The summed E-state index contributed by atoms with van der Waals surface area (Å²) >= 11 is 0. The first-order valence-electron chi connectivity index (χ1n) is 11.4. The van der Waals surface area contributed by atoms with Crippen molar-refractivity contribution in [3.05, 3.63) is 115 Å². The van der Waals surface area contributed by atoms with Crippen molar-refractivity contribution in [3.8, 4) is 16.8 Å². The summed E-state index contributed by atoms with van der Waals surface area (Å²) in [6.07, 6.45) is 0. The van der Waals surface area contributed by atoms with Gasteiger partial charge in [0.15, 0.2) is 0 Å². The molecule has 0 N–H and O–H groups in total. The average Bonchev–Trinajstić information content (AvgIpc) is 3.37. The highest BCUT2D eigenvalue weighted by Crippen LogP contribution is 2.39. The minimum Gasteiger partial charge on any atom is -0.344 e. The SMILES string of the molecule is Cn1c2ccccc2c2c(-c3ccc4c(c3)c3ccccc3n4-c3ccccc3)cccc21. The number of fused-ring (bicyclic) bond motifs is 6. The van der Waals surface area contributed by atoms with Crippen molar-refractivity contribution in [1.82, 2.24) is 9.13 Å². The van der Waals surface area contributed by atoms with Crippen LogP contribution in [0.4, 0.5) is 0 Å². The van der Waals surface area contributed by atoms with Gasteiger partial charge in [-0.2, -0.15) is 0 Å². The third kappa shape index (κ3) is 2.55. The van der Waals surface area contributed by atoms with Crippen LogP contribution in [0.1, 0.15) is 0 Å². The van der Waals surface area contributed by atoms with Crippen LogP contribution in [0.15, 0.2) is 115 Å². The van der Waals surface area contributed by atoms with Crippen molar-refractivity contribution < 1.29 is 0 Å². The zero-order valence-corrected chi connectivity index (χ0v) is 18.4. The minimum atomic E-state index is 1.19. The highest BCUT2D eigenvalue weighted by Gasteiger charge is 2.16. The smallest absolute Gasteiger partial charge is 0.0541 e. The van der Waals surface area contributed by atoms with Crippen molar-refractivity contribution in [1.29, 1.82) is 0 Å². The van der Waals surface area contributed by atoms with E-state index in [1.54, 1.807) is 0 Å². The van der Waals surface area contributed by atoms with Crippen LogP contribution in [-0.2, 0) is 7.05 Å². The number of hydrogen-bond acceptors (Lipinski definition) is 0. The first kappa shape index (κ1) is 18.3. The molecule has 0 aliphatic carbocycles. The summed E-state index contributed by atoms with van der Waals surface area (Å²) in [5.74, 6) is 0. The summed E-state index contributed by atoms with van der Waals surface area (Å²) in [7, 11) is 2.16. The standard InChI is InChI=1S/C31H22N2/c1-32-27-15-7-6-13-25(27)31-23(14-9-17-30(31)32)21-18-19-29-26(20-21)24-12-5-8-16-28(24)33(29)22-10-3-2-4-11-22/h2-20H,1H3. The summed E-state index contributed by atoms with van der Waals surface area (Å²) in [6, 6.07) is 41.6. The zero-order valence-electron chi connectivity index (χ0n) is 18.4. The third-order valence-corrected chi connectivity index (χ3v) is 6.94. The molecular weight excluding hydrogens is 400 g/mol. The number of aromatic nitrogens is 2. The Morgan fingerprint density at radius 2 is 1.15 bits per heavy atom. The highest BCUT2D eigenvalue weighted by atomic mass is 15.0. The summed E-state index contributed by atoms with van der Waals surface area (Å²) in [4.78, 5) is 0. The molecule has 0 saturated carbocycles. The van der Waals surface area contributed by atoms with Gasteiger partial charge in [-0.05, 0) is 53.6 Å². The van der Waals surface area contributed by atoms with Gasteiger partial charge in [-0.1, -0.05) is 72.8 Å². The van der Waals surface area contributed by atoms with Crippen molar-refractivity contribution >= 4 is 43.6 Å². The first-order valence-corrected chi connectivity index (χ1v) is 11.4. The summed E-state index contributed by atoms with van der Waals surface area (Å²) < 4.78 is 4.67. The second-order valence-electron chi connectivity index (χ2n) is 8.70. The molecule has 5 aromatic carbocycles. The second kappa shape index (κ2) is 6.85. The van der Waals surface area contributed by atoms with E-state index in [-0.39, 0.29) is 0 Å². The molecule has 7 aromatic rings. The summed E-state index contributed by atoms with van der Waals surface area (Å²) in [5, 5.41) is 5.19. The molecule has 2 nitrogen and oxygen atoms in total. The lowest BCUT2D eigenvalue weighted by atomic mass is 9.98. The molecule has 2 aromatic heterocycles. The molecule has 0 aliphatic heterocycles. The van der Waals surface area contributed by atoms with Crippen molar-refractivity contribution in [2.75, 3.05) is 0 Å². The van der Waals surface area contributed by atoms with Gasteiger partial charge in [0.05, 0.1) is 11.0 Å². The second-order valence-corrected chi connectivity index (χ2v) is 8.70. The Labute approximate surface area is 191 Å². The van der Waals surface area contributed by atoms with Crippen LogP contribution >= 0.6 is 0 Å². The fraction of sp³-hybridized carbons (Fsp3) is 0.0323. The van der Waals surface area contributed by atoms with Crippen molar-refractivity contribution in [2.45, 2.75) is 0 Å². The van der Waals surface area contributed by atoms with Crippen LogP contribution in [0.25, 0.3) is 60.4 Å². The third-order valence-electron chi connectivity index (χ3n) is 6.94. The number of aryl methyl sites for hydroxylation is 1. The number of rotatable bonds is 2. The molecular formula is C31H22N2. The molecule has 0 unspecified atom stereocenters. The predicted molar refractivity (Wildman–Crippen MR) is 140 cm³/mol. The van der Waals surface area contributed by atoms with E-state index in [1.807, 2.05) is 0 Å². The maximum Gasteiger partial charge on any atom is 0.0541 e. The lowest BCUT2D eigenvalue weighted by molar-refractivity contribution is 1.01. The fourth-order valence-corrected chi connectivity index (χ4v) is 5.45. The van der Waals surface area contributed by atoms with Crippen LogP contribution < -0.4 is 0 Å². The molecule has 0 fully saturated rings. The van der Waals surface area contributed by atoms with E-state index in [1.165, 1.54) is 60.4 Å². The Morgan fingerprint density at radius 1 is 0.485 bits per heavy atom. The van der Waals surface area contributed by atoms with E-state index in [0.29, 0.717) is 0 Å².